The van der Waals surface area contributed by atoms with Gasteiger partial charge in [0.2, 0.25) is 0 Å². The van der Waals surface area contributed by atoms with Crippen LogP contribution in [-0.4, -0.2) is 31.1 Å². The largest absolute Gasteiger partial charge is 0.384 e. The Hall–Kier alpha value is -1.02. The van der Waals surface area contributed by atoms with Crippen LogP contribution in [0.1, 0.15) is 32.3 Å². The Labute approximate surface area is 111 Å². The lowest BCUT2D eigenvalue weighted by atomic mass is 9.84. The highest BCUT2D eigenvalue weighted by Crippen LogP contribution is 2.28. The van der Waals surface area contributed by atoms with Gasteiger partial charge in [-0.05, 0) is 43.4 Å². The van der Waals surface area contributed by atoms with Crippen LogP contribution in [-0.2, 0) is 0 Å². The third-order valence-electron chi connectivity index (χ3n) is 3.87. The number of anilines is 1. The molecule has 1 aliphatic heterocycles. The summed E-state index contributed by atoms with van der Waals surface area (Å²) < 4.78 is 0. The van der Waals surface area contributed by atoms with Gasteiger partial charge in [0.15, 0.2) is 0 Å². The van der Waals surface area contributed by atoms with Crippen LogP contribution >= 0.6 is 0 Å². The van der Waals surface area contributed by atoms with Gasteiger partial charge in [0.05, 0.1) is 0 Å². The Balaban J connectivity index is 1.77. The van der Waals surface area contributed by atoms with Gasteiger partial charge < -0.3 is 10.2 Å². The van der Waals surface area contributed by atoms with Crippen molar-refractivity contribution in [1.29, 1.82) is 0 Å². The summed E-state index contributed by atoms with van der Waals surface area (Å²) in [5.41, 5.74) is 3.10. The van der Waals surface area contributed by atoms with Crippen LogP contribution in [0.5, 0.6) is 0 Å². The lowest BCUT2D eigenvalue weighted by Crippen LogP contribution is -2.42. The fourth-order valence-corrected chi connectivity index (χ4v) is 2.86. The molecule has 2 heteroatoms. The van der Waals surface area contributed by atoms with Crippen molar-refractivity contribution in [2.75, 3.05) is 31.5 Å². The number of nitrogens with zero attached hydrogens (tertiary/aromatic N) is 1. The maximum atomic E-state index is 3.55. The van der Waals surface area contributed by atoms with E-state index in [0.29, 0.717) is 5.41 Å². The van der Waals surface area contributed by atoms with Crippen molar-refractivity contribution in [1.82, 2.24) is 4.90 Å². The molecule has 0 amide bonds. The highest BCUT2D eigenvalue weighted by molar-refractivity contribution is 5.50. The van der Waals surface area contributed by atoms with Crippen molar-refractivity contribution in [2.45, 2.75) is 33.6 Å². The third-order valence-corrected chi connectivity index (χ3v) is 3.87. The highest BCUT2D eigenvalue weighted by atomic mass is 15.1. The molecule has 1 aliphatic rings. The minimum atomic E-state index is 0.501. The SMILES string of the molecule is Cc1ccccc1NCCN1CCCC(C)(C)C1. The molecule has 0 saturated carbocycles. The maximum absolute atomic E-state index is 3.55. The number of hydrogen-bond acceptors (Lipinski definition) is 2. The van der Waals surface area contributed by atoms with Crippen LogP contribution in [0.25, 0.3) is 0 Å². The van der Waals surface area contributed by atoms with Crippen LogP contribution in [0, 0.1) is 12.3 Å². The van der Waals surface area contributed by atoms with Gasteiger partial charge in [-0.2, -0.15) is 0 Å². The van der Waals surface area contributed by atoms with Crippen molar-refractivity contribution in [3.05, 3.63) is 29.8 Å². The standard InChI is InChI=1S/C16H26N2/c1-14-7-4-5-8-15(14)17-10-12-18-11-6-9-16(2,3)13-18/h4-5,7-8,17H,6,9-13H2,1-3H3. The molecule has 0 unspecified atom stereocenters. The average Bonchev–Trinajstić information content (AvgIpc) is 2.30. The number of piperidine rings is 1. The Kier molecular flexibility index (Phi) is 4.28. The molecule has 1 aromatic carbocycles. The van der Waals surface area contributed by atoms with Gasteiger partial charge in [-0.15, -0.1) is 0 Å². The first-order chi connectivity index (χ1) is 8.57. The van der Waals surface area contributed by atoms with Gasteiger partial charge in [0.1, 0.15) is 0 Å². The van der Waals surface area contributed by atoms with Gasteiger partial charge in [-0.1, -0.05) is 32.0 Å². The zero-order chi connectivity index (χ0) is 13.0. The average molecular weight is 246 g/mol. The molecule has 1 fully saturated rings. The molecular weight excluding hydrogens is 220 g/mol. The van der Waals surface area contributed by atoms with E-state index < -0.39 is 0 Å². The zero-order valence-electron chi connectivity index (χ0n) is 12.0. The monoisotopic (exact) mass is 246 g/mol. The number of aryl methyl sites for hydroxylation is 1. The first kappa shape index (κ1) is 13.4. The predicted molar refractivity (Wildman–Crippen MR) is 79.1 cm³/mol. The summed E-state index contributed by atoms with van der Waals surface area (Å²) in [6.45, 7) is 11.6. The Morgan fingerprint density at radius 1 is 1.28 bits per heavy atom. The van der Waals surface area contributed by atoms with Gasteiger partial charge in [-0.25, -0.2) is 0 Å². The molecule has 2 rings (SSSR count). The number of benzene rings is 1. The minimum Gasteiger partial charge on any atom is -0.384 e. The number of likely N-dealkylation sites (tertiary alicyclic amines) is 1. The lowest BCUT2D eigenvalue weighted by molar-refractivity contribution is 0.122. The number of nitrogens with one attached hydrogen (secondary N) is 1. The van der Waals surface area contributed by atoms with E-state index in [9.17, 15) is 0 Å². The molecule has 0 bridgehead atoms. The van der Waals surface area contributed by atoms with Crippen LogP contribution in [0.4, 0.5) is 5.69 Å². The van der Waals surface area contributed by atoms with E-state index >= 15 is 0 Å². The summed E-state index contributed by atoms with van der Waals surface area (Å²) in [6, 6.07) is 8.51. The molecule has 1 saturated heterocycles. The maximum Gasteiger partial charge on any atom is 0.0370 e. The van der Waals surface area contributed by atoms with E-state index in [1.54, 1.807) is 0 Å². The first-order valence-electron chi connectivity index (χ1n) is 7.09. The fraction of sp³-hybridized carbons (Fsp3) is 0.625. The summed E-state index contributed by atoms with van der Waals surface area (Å²) in [5, 5.41) is 3.55. The minimum absolute atomic E-state index is 0.501. The summed E-state index contributed by atoms with van der Waals surface area (Å²) in [5.74, 6) is 0. The number of hydrogen-bond donors (Lipinski definition) is 1. The molecule has 0 radical (unpaired) electrons. The quantitative estimate of drug-likeness (QED) is 0.874. The van der Waals surface area contributed by atoms with E-state index in [4.69, 9.17) is 0 Å². The molecular formula is C16H26N2. The predicted octanol–water partition coefficient (Wildman–Crippen LogP) is 3.53. The molecule has 0 atom stereocenters. The summed E-state index contributed by atoms with van der Waals surface area (Å²) >= 11 is 0. The van der Waals surface area contributed by atoms with Crippen LogP contribution < -0.4 is 5.32 Å². The second kappa shape index (κ2) is 5.75. The zero-order valence-corrected chi connectivity index (χ0v) is 12.0. The highest BCUT2D eigenvalue weighted by Gasteiger charge is 2.25. The molecule has 1 heterocycles. The second-order valence-corrected chi connectivity index (χ2v) is 6.29. The smallest absolute Gasteiger partial charge is 0.0370 e. The van der Waals surface area contributed by atoms with Gasteiger partial charge >= 0.3 is 0 Å². The Morgan fingerprint density at radius 3 is 2.78 bits per heavy atom. The van der Waals surface area contributed by atoms with Gasteiger partial charge in [0.25, 0.3) is 0 Å². The van der Waals surface area contributed by atoms with Crippen molar-refractivity contribution in [3.8, 4) is 0 Å². The molecule has 2 nitrogen and oxygen atoms in total. The topological polar surface area (TPSA) is 15.3 Å². The van der Waals surface area contributed by atoms with Crippen LogP contribution in [0.2, 0.25) is 0 Å². The Bertz CT molecular complexity index is 384. The number of para-hydroxylation sites is 1. The van der Waals surface area contributed by atoms with Gasteiger partial charge in [0, 0.05) is 25.3 Å². The molecule has 1 aromatic rings. The van der Waals surface area contributed by atoms with Crippen LogP contribution in [0.15, 0.2) is 24.3 Å². The molecule has 18 heavy (non-hydrogen) atoms. The van der Waals surface area contributed by atoms with Crippen molar-refractivity contribution < 1.29 is 0 Å². The van der Waals surface area contributed by atoms with E-state index in [0.717, 1.165) is 13.1 Å². The molecule has 100 valence electrons. The van der Waals surface area contributed by atoms with Crippen LogP contribution in [0.3, 0.4) is 0 Å². The second-order valence-electron chi connectivity index (χ2n) is 6.29. The summed E-state index contributed by atoms with van der Waals surface area (Å²) in [4.78, 5) is 2.59. The van der Waals surface area contributed by atoms with Crippen molar-refractivity contribution in [2.24, 2.45) is 5.41 Å². The van der Waals surface area contributed by atoms with E-state index in [1.807, 2.05) is 0 Å². The number of rotatable bonds is 4. The lowest BCUT2D eigenvalue weighted by Gasteiger charge is -2.38. The molecule has 1 N–H and O–H groups in total. The van der Waals surface area contributed by atoms with Crippen molar-refractivity contribution >= 4 is 5.69 Å². The fourth-order valence-electron chi connectivity index (χ4n) is 2.86. The van der Waals surface area contributed by atoms with Gasteiger partial charge in [-0.3, -0.25) is 0 Å². The summed E-state index contributed by atoms with van der Waals surface area (Å²) in [6.07, 6.45) is 2.71. The molecule has 0 aliphatic carbocycles. The van der Waals surface area contributed by atoms with Crippen molar-refractivity contribution in [3.63, 3.8) is 0 Å². The molecule has 0 spiro atoms. The Morgan fingerprint density at radius 2 is 2.06 bits per heavy atom. The van der Waals surface area contributed by atoms with E-state index in [2.05, 4.69) is 55.3 Å². The van der Waals surface area contributed by atoms with E-state index in [-0.39, 0.29) is 0 Å². The third kappa shape index (κ3) is 3.74. The summed E-state index contributed by atoms with van der Waals surface area (Å²) in [7, 11) is 0. The normalized spacial score (nSPS) is 19.7. The first-order valence-corrected chi connectivity index (χ1v) is 7.09. The van der Waals surface area contributed by atoms with E-state index in [1.165, 1.54) is 37.2 Å². The molecule has 0 aromatic heterocycles.